The van der Waals surface area contributed by atoms with E-state index in [1.54, 1.807) is 6.07 Å². The first kappa shape index (κ1) is 20.3. The fraction of sp³-hybridized carbons (Fsp3) is 0.250. The Labute approximate surface area is 168 Å². The number of benzene rings is 2. The number of unbranched alkanes of at least 4 members (excludes halogenated alkanes) is 1. The van der Waals surface area contributed by atoms with Crippen LogP contribution in [0.5, 0.6) is 5.75 Å². The van der Waals surface area contributed by atoms with Crippen LogP contribution in [-0.4, -0.2) is 18.5 Å². The number of anilines is 1. The second kappa shape index (κ2) is 8.72. The van der Waals surface area contributed by atoms with E-state index >= 15 is 0 Å². The first-order valence-electron chi connectivity index (χ1n) is 8.94. The first-order valence-corrected chi connectivity index (χ1v) is 11.3. The van der Waals surface area contributed by atoms with Gasteiger partial charge in [0.1, 0.15) is 11.3 Å². The lowest BCUT2D eigenvalue weighted by molar-refractivity contribution is 0.479. The minimum atomic E-state index is -3.42. The van der Waals surface area contributed by atoms with Crippen LogP contribution in [0, 0.1) is 0 Å². The Morgan fingerprint density at radius 2 is 1.86 bits per heavy atom. The summed E-state index contributed by atoms with van der Waals surface area (Å²) in [5.74, 6) is 0.176. The van der Waals surface area contributed by atoms with Gasteiger partial charge in [-0.15, -0.1) is 0 Å². The van der Waals surface area contributed by atoms with E-state index in [0.29, 0.717) is 10.6 Å². The van der Waals surface area contributed by atoms with Gasteiger partial charge in [-0.25, -0.2) is 18.1 Å². The normalized spacial score (nSPS) is 11.7. The van der Waals surface area contributed by atoms with Crippen molar-refractivity contribution in [3.63, 3.8) is 0 Å². The highest BCUT2D eigenvalue weighted by Gasteiger charge is 2.08. The van der Waals surface area contributed by atoms with Crippen molar-refractivity contribution in [2.75, 3.05) is 5.73 Å². The van der Waals surface area contributed by atoms with Crippen molar-refractivity contribution in [3.05, 3.63) is 65.1 Å². The molecule has 28 heavy (non-hydrogen) atoms. The van der Waals surface area contributed by atoms with Gasteiger partial charge in [0.15, 0.2) is 5.13 Å². The highest BCUT2D eigenvalue weighted by molar-refractivity contribution is 7.92. The number of phenols is 1. The number of fused-ring (bicyclic) bond motifs is 1. The van der Waals surface area contributed by atoms with Crippen LogP contribution in [-0.2, 0) is 29.4 Å². The molecule has 0 aliphatic heterocycles. The molecular weight excluding hydrogens is 394 g/mol. The summed E-state index contributed by atoms with van der Waals surface area (Å²) in [6.45, 7) is 3.53. The Hall–Kier alpha value is -2.42. The van der Waals surface area contributed by atoms with Crippen LogP contribution in [0.1, 0.15) is 29.5 Å². The van der Waals surface area contributed by atoms with Crippen LogP contribution < -0.4 is 10.5 Å². The molecule has 2 aromatic carbocycles. The molecule has 0 aliphatic rings. The van der Waals surface area contributed by atoms with Crippen molar-refractivity contribution in [3.8, 4) is 5.75 Å². The first-order chi connectivity index (χ1) is 13.4. The third-order valence-corrected chi connectivity index (χ3v) is 6.24. The maximum absolute atomic E-state index is 11.5. The van der Waals surface area contributed by atoms with Crippen LogP contribution in [0.3, 0.4) is 0 Å². The SMILES string of the molecule is C=CS(=O)(=O)NCc1cccc(CCCCc2cc(O)c3nc(N)sc3c2)c1. The van der Waals surface area contributed by atoms with Gasteiger partial charge in [-0.3, -0.25) is 0 Å². The number of nitrogen functional groups attached to an aromatic ring is 1. The molecule has 0 bridgehead atoms. The van der Waals surface area contributed by atoms with Crippen molar-refractivity contribution < 1.29 is 13.5 Å². The van der Waals surface area contributed by atoms with Crippen LogP contribution in [0.4, 0.5) is 5.13 Å². The molecule has 0 spiro atoms. The Morgan fingerprint density at radius 3 is 2.61 bits per heavy atom. The van der Waals surface area contributed by atoms with E-state index in [1.807, 2.05) is 30.3 Å². The number of hydrogen-bond acceptors (Lipinski definition) is 6. The molecule has 0 radical (unpaired) electrons. The molecule has 0 fully saturated rings. The van der Waals surface area contributed by atoms with Crippen molar-refractivity contribution in [1.29, 1.82) is 0 Å². The number of phenolic OH excluding ortho intramolecular Hbond substituents is 1. The van der Waals surface area contributed by atoms with E-state index < -0.39 is 10.0 Å². The lowest BCUT2D eigenvalue weighted by Gasteiger charge is -2.07. The number of hydrogen-bond donors (Lipinski definition) is 3. The summed E-state index contributed by atoms with van der Waals surface area (Å²) >= 11 is 1.38. The summed E-state index contributed by atoms with van der Waals surface area (Å²) in [5, 5.41) is 11.5. The highest BCUT2D eigenvalue weighted by Crippen LogP contribution is 2.32. The van der Waals surface area contributed by atoms with Gasteiger partial charge in [-0.1, -0.05) is 42.2 Å². The van der Waals surface area contributed by atoms with E-state index in [4.69, 9.17) is 5.73 Å². The lowest BCUT2D eigenvalue weighted by atomic mass is 10.0. The van der Waals surface area contributed by atoms with Crippen molar-refractivity contribution in [2.24, 2.45) is 0 Å². The fourth-order valence-corrected chi connectivity index (χ4v) is 4.33. The molecule has 4 N–H and O–H groups in total. The highest BCUT2D eigenvalue weighted by atomic mass is 32.2. The average molecular weight is 418 g/mol. The third-order valence-electron chi connectivity index (χ3n) is 4.42. The summed E-state index contributed by atoms with van der Waals surface area (Å²) in [5.41, 5.74) is 9.44. The van der Waals surface area contributed by atoms with Crippen LogP contribution in [0.15, 0.2) is 48.4 Å². The summed E-state index contributed by atoms with van der Waals surface area (Å²) in [6, 6.07) is 11.7. The molecule has 1 aromatic heterocycles. The standard InChI is InChI=1S/C20H23N3O3S2/c1-2-28(25,26)22-13-16-9-5-8-14(10-16)6-3-4-7-15-11-17(24)19-18(12-15)27-20(21)23-19/h2,5,8-12,22,24H,1,3-4,6-7,13H2,(H2,21,23). The van der Waals surface area contributed by atoms with Crippen LogP contribution in [0.25, 0.3) is 10.2 Å². The molecule has 6 nitrogen and oxygen atoms in total. The van der Waals surface area contributed by atoms with E-state index in [1.165, 1.54) is 16.9 Å². The fourth-order valence-electron chi connectivity index (χ4n) is 3.03. The summed E-state index contributed by atoms with van der Waals surface area (Å²) < 4.78 is 26.3. The van der Waals surface area contributed by atoms with Gasteiger partial charge < -0.3 is 10.8 Å². The number of aryl methyl sites for hydroxylation is 2. The van der Waals surface area contributed by atoms with Crippen molar-refractivity contribution in [2.45, 2.75) is 32.2 Å². The zero-order chi connectivity index (χ0) is 20.1. The van der Waals surface area contributed by atoms with Crippen LogP contribution in [0.2, 0.25) is 0 Å². The van der Waals surface area contributed by atoms with Gasteiger partial charge in [0.2, 0.25) is 10.0 Å². The van der Waals surface area contributed by atoms with Gasteiger partial charge in [0.25, 0.3) is 0 Å². The Balaban J connectivity index is 1.53. The zero-order valence-electron chi connectivity index (χ0n) is 15.4. The largest absolute Gasteiger partial charge is 0.506 e. The Morgan fingerprint density at radius 1 is 1.14 bits per heavy atom. The van der Waals surface area contributed by atoms with Crippen LogP contribution >= 0.6 is 11.3 Å². The molecule has 3 rings (SSSR count). The molecule has 148 valence electrons. The summed E-state index contributed by atoms with van der Waals surface area (Å²) in [4.78, 5) is 4.13. The molecule has 8 heteroatoms. The lowest BCUT2D eigenvalue weighted by Crippen LogP contribution is -2.20. The quantitative estimate of drug-likeness (QED) is 0.460. The van der Waals surface area contributed by atoms with Gasteiger partial charge in [-0.05, 0) is 54.5 Å². The minimum absolute atomic E-state index is 0.176. The molecule has 0 saturated carbocycles. The monoisotopic (exact) mass is 417 g/mol. The second-order valence-corrected chi connectivity index (χ2v) is 9.35. The van der Waals surface area contributed by atoms with Gasteiger partial charge in [0.05, 0.1) is 4.70 Å². The van der Waals surface area contributed by atoms with E-state index in [-0.39, 0.29) is 12.3 Å². The number of aromatic nitrogens is 1. The number of sulfonamides is 1. The third kappa shape index (κ3) is 5.31. The Bertz CT molecular complexity index is 1090. The number of rotatable bonds is 9. The van der Waals surface area contributed by atoms with E-state index in [9.17, 15) is 13.5 Å². The molecule has 0 atom stereocenters. The predicted octanol–water partition coefficient (Wildman–Crippen LogP) is 3.71. The topological polar surface area (TPSA) is 105 Å². The van der Waals surface area contributed by atoms with Gasteiger partial charge in [-0.2, -0.15) is 0 Å². The summed E-state index contributed by atoms with van der Waals surface area (Å²) in [7, 11) is -3.42. The molecule has 0 aliphatic carbocycles. The van der Waals surface area contributed by atoms with E-state index in [2.05, 4.69) is 16.3 Å². The number of aromatic hydroxyl groups is 1. The second-order valence-electron chi connectivity index (χ2n) is 6.57. The summed E-state index contributed by atoms with van der Waals surface area (Å²) in [6.07, 6.45) is 3.74. The molecule has 0 saturated heterocycles. The number of nitrogens with one attached hydrogen (secondary N) is 1. The smallest absolute Gasteiger partial charge is 0.233 e. The molecular formula is C20H23N3O3S2. The molecule has 0 unspecified atom stereocenters. The van der Waals surface area contributed by atoms with Gasteiger partial charge >= 0.3 is 0 Å². The zero-order valence-corrected chi connectivity index (χ0v) is 17.0. The Kier molecular flexibility index (Phi) is 6.33. The molecule has 1 heterocycles. The maximum atomic E-state index is 11.5. The number of nitrogens with two attached hydrogens (primary N) is 1. The number of thiazole rings is 1. The molecule has 0 amide bonds. The van der Waals surface area contributed by atoms with Crippen molar-refractivity contribution in [1.82, 2.24) is 9.71 Å². The van der Waals surface area contributed by atoms with E-state index in [0.717, 1.165) is 46.9 Å². The minimum Gasteiger partial charge on any atom is -0.506 e. The maximum Gasteiger partial charge on any atom is 0.233 e. The number of nitrogens with zero attached hydrogens (tertiary/aromatic N) is 1. The predicted molar refractivity (Wildman–Crippen MR) is 115 cm³/mol. The molecule has 3 aromatic rings. The van der Waals surface area contributed by atoms with Gasteiger partial charge in [0, 0.05) is 12.0 Å². The average Bonchev–Trinajstić information content (AvgIpc) is 3.05. The van der Waals surface area contributed by atoms with Crippen molar-refractivity contribution >= 4 is 36.7 Å².